The minimum Gasteiger partial charge on any atom is -0.337 e. The Hall–Kier alpha value is -2.08. The molecule has 102 valence electrons. The number of imidazole rings is 1. The first-order chi connectivity index (χ1) is 9.34. The van der Waals surface area contributed by atoms with Crippen LogP contribution in [0.5, 0.6) is 0 Å². The van der Waals surface area contributed by atoms with E-state index in [1.807, 2.05) is 0 Å². The van der Waals surface area contributed by atoms with Gasteiger partial charge in [-0.2, -0.15) is 13.2 Å². The molecule has 2 heterocycles. The molecule has 3 rings (SSSR count). The molecule has 0 fully saturated rings. The number of hydrogen-bond donors (Lipinski definition) is 1. The second-order valence-electron chi connectivity index (χ2n) is 4.30. The van der Waals surface area contributed by atoms with Crippen molar-refractivity contribution in [2.24, 2.45) is 4.99 Å². The van der Waals surface area contributed by atoms with Gasteiger partial charge >= 0.3 is 6.18 Å². The molecule has 3 nitrogen and oxygen atoms in total. The van der Waals surface area contributed by atoms with Crippen molar-refractivity contribution in [1.29, 1.82) is 0 Å². The number of nitrogens with zero attached hydrogens (tertiary/aromatic N) is 2. The summed E-state index contributed by atoms with van der Waals surface area (Å²) < 4.78 is 38.3. The SMILES string of the molecule is C=C1C=NC(c2nc3cc(Cl)c(C(F)(F)F)cc3[nH]2)=C1. The molecule has 1 aliphatic rings. The van der Waals surface area contributed by atoms with Crippen molar-refractivity contribution in [3.05, 3.63) is 46.8 Å². The first kappa shape index (κ1) is 12.9. The number of aromatic amines is 1. The standard InChI is InChI=1S/C13H7ClF3N3/c1-6-2-11(18-5-6)12-19-9-3-7(13(15,16)17)8(14)4-10(9)20-12/h2-5H,1H2,(H,19,20). The number of rotatable bonds is 1. The summed E-state index contributed by atoms with van der Waals surface area (Å²) in [6.07, 6.45) is -1.27. The number of fused-ring (bicyclic) bond motifs is 1. The van der Waals surface area contributed by atoms with Gasteiger partial charge in [0.1, 0.15) is 5.70 Å². The molecule has 1 aliphatic heterocycles. The number of allylic oxidation sites excluding steroid dienone is 2. The van der Waals surface area contributed by atoms with Crippen molar-refractivity contribution in [2.75, 3.05) is 0 Å². The molecule has 2 aromatic rings. The van der Waals surface area contributed by atoms with Crippen molar-refractivity contribution in [3.8, 4) is 0 Å². The van der Waals surface area contributed by atoms with Crippen LogP contribution < -0.4 is 0 Å². The number of aromatic nitrogens is 2. The largest absolute Gasteiger partial charge is 0.417 e. The Bertz CT molecular complexity index is 784. The summed E-state index contributed by atoms with van der Waals surface area (Å²) in [5.41, 5.74) is 0.942. The Morgan fingerprint density at radius 3 is 2.60 bits per heavy atom. The topological polar surface area (TPSA) is 41.0 Å². The molecule has 1 N–H and O–H groups in total. The lowest BCUT2D eigenvalue weighted by Gasteiger charge is -2.07. The molecule has 1 aromatic carbocycles. The second kappa shape index (κ2) is 4.21. The Morgan fingerprint density at radius 1 is 1.25 bits per heavy atom. The normalized spacial score (nSPS) is 15.2. The highest BCUT2D eigenvalue weighted by atomic mass is 35.5. The van der Waals surface area contributed by atoms with Gasteiger partial charge in [0, 0.05) is 6.21 Å². The van der Waals surface area contributed by atoms with Gasteiger partial charge in [-0.05, 0) is 23.8 Å². The van der Waals surface area contributed by atoms with E-state index < -0.39 is 11.7 Å². The molecule has 0 atom stereocenters. The van der Waals surface area contributed by atoms with Crippen LogP contribution in [0.3, 0.4) is 0 Å². The predicted octanol–water partition coefficient (Wildman–Crippen LogP) is 4.22. The van der Waals surface area contributed by atoms with Crippen LogP contribution in [0.25, 0.3) is 16.7 Å². The quantitative estimate of drug-likeness (QED) is 0.841. The third kappa shape index (κ3) is 2.12. The molecule has 0 aliphatic carbocycles. The maximum Gasteiger partial charge on any atom is 0.417 e. The van der Waals surface area contributed by atoms with E-state index in [1.54, 1.807) is 12.3 Å². The summed E-state index contributed by atoms with van der Waals surface area (Å²) in [5.74, 6) is 0.380. The summed E-state index contributed by atoms with van der Waals surface area (Å²) in [6.45, 7) is 3.71. The average molecular weight is 298 g/mol. The van der Waals surface area contributed by atoms with Crippen LogP contribution in [0.2, 0.25) is 5.02 Å². The summed E-state index contributed by atoms with van der Waals surface area (Å²) >= 11 is 5.65. The molecule has 0 bridgehead atoms. The number of benzene rings is 1. The van der Waals surface area contributed by atoms with Crippen LogP contribution in [0, 0.1) is 0 Å². The fourth-order valence-electron chi connectivity index (χ4n) is 1.90. The smallest absolute Gasteiger partial charge is 0.337 e. The van der Waals surface area contributed by atoms with Gasteiger partial charge in [0.25, 0.3) is 0 Å². The zero-order valence-corrected chi connectivity index (χ0v) is 10.7. The van der Waals surface area contributed by atoms with E-state index in [9.17, 15) is 13.2 Å². The molecule has 0 amide bonds. The number of nitrogens with one attached hydrogen (secondary N) is 1. The van der Waals surface area contributed by atoms with E-state index in [-0.39, 0.29) is 10.5 Å². The van der Waals surface area contributed by atoms with Gasteiger partial charge in [0.05, 0.1) is 21.6 Å². The van der Waals surface area contributed by atoms with Crippen molar-refractivity contribution in [2.45, 2.75) is 6.18 Å². The number of aliphatic imine (C=N–C) groups is 1. The third-order valence-electron chi connectivity index (χ3n) is 2.81. The van der Waals surface area contributed by atoms with Crippen molar-refractivity contribution < 1.29 is 13.2 Å². The fraction of sp³-hybridized carbons (Fsp3) is 0.0769. The van der Waals surface area contributed by atoms with Crippen LogP contribution >= 0.6 is 11.6 Å². The summed E-state index contributed by atoms with van der Waals surface area (Å²) in [7, 11) is 0. The molecule has 1 aromatic heterocycles. The molecule has 0 unspecified atom stereocenters. The van der Waals surface area contributed by atoms with Crippen LogP contribution in [0.4, 0.5) is 13.2 Å². The van der Waals surface area contributed by atoms with Crippen LogP contribution in [-0.4, -0.2) is 16.2 Å². The molecule has 0 saturated heterocycles. The van der Waals surface area contributed by atoms with Crippen LogP contribution in [0.1, 0.15) is 11.4 Å². The Morgan fingerprint density at radius 2 is 2.00 bits per heavy atom. The third-order valence-corrected chi connectivity index (χ3v) is 3.12. The van der Waals surface area contributed by atoms with Crippen molar-refractivity contribution >= 4 is 34.5 Å². The van der Waals surface area contributed by atoms with Crippen molar-refractivity contribution in [3.63, 3.8) is 0 Å². The van der Waals surface area contributed by atoms with E-state index in [0.29, 0.717) is 22.6 Å². The van der Waals surface area contributed by atoms with Crippen LogP contribution in [0.15, 0.2) is 35.4 Å². The van der Waals surface area contributed by atoms with E-state index in [4.69, 9.17) is 11.6 Å². The highest BCUT2D eigenvalue weighted by Crippen LogP contribution is 2.37. The summed E-state index contributed by atoms with van der Waals surface area (Å²) in [6, 6.07) is 2.13. The van der Waals surface area contributed by atoms with Gasteiger partial charge in [0.2, 0.25) is 0 Å². The second-order valence-corrected chi connectivity index (χ2v) is 4.70. The molecule has 0 radical (unpaired) electrons. The van der Waals surface area contributed by atoms with E-state index >= 15 is 0 Å². The summed E-state index contributed by atoms with van der Waals surface area (Å²) in [5, 5.41) is -0.378. The highest BCUT2D eigenvalue weighted by molar-refractivity contribution is 6.32. The molecular weight excluding hydrogens is 291 g/mol. The maximum absolute atomic E-state index is 12.8. The Balaban J connectivity index is 2.15. The van der Waals surface area contributed by atoms with E-state index in [0.717, 1.165) is 6.07 Å². The van der Waals surface area contributed by atoms with E-state index in [1.165, 1.54) is 6.07 Å². The number of halogens is 4. The molecule has 7 heteroatoms. The lowest BCUT2D eigenvalue weighted by atomic mass is 10.2. The Kier molecular flexibility index (Phi) is 2.72. The Labute approximate surface area is 116 Å². The molecular formula is C13H7ClF3N3. The number of hydrogen-bond acceptors (Lipinski definition) is 2. The maximum atomic E-state index is 12.8. The van der Waals surface area contributed by atoms with Gasteiger partial charge < -0.3 is 4.98 Å². The predicted molar refractivity (Wildman–Crippen MR) is 71.7 cm³/mol. The zero-order valence-electron chi connectivity index (χ0n) is 9.92. The van der Waals surface area contributed by atoms with Gasteiger partial charge in [-0.25, -0.2) is 4.98 Å². The highest BCUT2D eigenvalue weighted by Gasteiger charge is 2.33. The first-order valence-corrected chi connectivity index (χ1v) is 5.94. The van der Waals surface area contributed by atoms with Gasteiger partial charge in [-0.15, -0.1) is 0 Å². The molecule has 0 saturated carbocycles. The first-order valence-electron chi connectivity index (χ1n) is 5.56. The van der Waals surface area contributed by atoms with Gasteiger partial charge in [-0.1, -0.05) is 18.2 Å². The number of alkyl halides is 3. The lowest BCUT2D eigenvalue weighted by Crippen LogP contribution is -2.05. The molecule has 0 spiro atoms. The minimum atomic E-state index is -4.50. The fourth-order valence-corrected chi connectivity index (χ4v) is 2.17. The van der Waals surface area contributed by atoms with E-state index in [2.05, 4.69) is 21.5 Å². The van der Waals surface area contributed by atoms with Gasteiger partial charge in [0.15, 0.2) is 5.82 Å². The zero-order chi connectivity index (χ0) is 14.5. The minimum absolute atomic E-state index is 0.255. The van der Waals surface area contributed by atoms with Gasteiger partial charge in [-0.3, -0.25) is 4.99 Å². The monoisotopic (exact) mass is 297 g/mol. The van der Waals surface area contributed by atoms with Crippen molar-refractivity contribution in [1.82, 2.24) is 9.97 Å². The summed E-state index contributed by atoms with van der Waals surface area (Å²) in [4.78, 5) is 11.1. The average Bonchev–Trinajstić information content (AvgIpc) is 2.92. The molecule has 20 heavy (non-hydrogen) atoms. The lowest BCUT2D eigenvalue weighted by molar-refractivity contribution is -0.137. The van der Waals surface area contributed by atoms with Crippen LogP contribution in [-0.2, 0) is 6.18 Å². The number of H-pyrrole nitrogens is 1.